The van der Waals surface area contributed by atoms with Gasteiger partial charge in [-0.1, -0.05) is 26.0 Å². The zero-order chi connectivity index (χ0) is 19.8. The van der Waals surface area contributed by atoms with Gasteiger partial charge in [-0.3, -0.25) is 4.99 Å². The van der Waals surface area contributed by atoms with Crippen LogP contribution in [0.2, 0.25) is 0 Å². The highest BCUT2D eigenvalue weighted by Gasteiger charge is 2.20. The Balaban J connectivity index is 0.00000300. The fourth-order valence-corrected chi connectivity index (χ4v) is 3.05. The fourth-order valence-electron chi connectivity index (χ4n) is 3.05. The Kier molecular flexibility index (Phi) is 9.43. The number of guanidine groups is 1. The van der Waals surface area contributed by atoms with Gasteiger partial charge in [-0.15, -0.1) is 24.0 Å². The highest BCUT2D eigenvalue weighted by molar-refractivity contribution is 14.0. The highest BCUT2D eigenvalue weighted by atomic mass is 127. The molecule has 1 aromatic carbocycles. The molecule has 158 valence electrons. The summed E-state index contributed by atoms with van der Waals surface area (Å²) < 4.78 is 5.74. The summed E-state index contributed by atoms with van der Waals surface area (Å²) in [6.45, 7) is 9.32. The molecule has 1 N–H and O–H groups in total. The van der Waals surface area contributed by atoms with E-state index in [0.29, 0.717) is 5.92 Å². The molecule has 1 aliphatic heterocycles. The minimum absolute atomic E-state index is 0. The molecule has 0 unspecified atom stereocenters. The number of hydrogen-bond acceptors (Lipinski definition) is 5. The minimum atomic E-state index is 0. The molecule has 0 bridgehead atoms. The second kappa shape index (κ2) is 11.8. The van der Waals surface area contributed by atoms with Crippen molar-refractivity contribution >= 4 is 35.9 Å². The summed E-state index contributed by atoms with van der Waals surface area (Å²) in [6, 6.07) is 10.1. The van der Waals surface area contributed by atoms with E-state index in [2.05, 4.69) is 56.1 Å². The molecule has 1 saturated heterocycles. The zero-order valence-electron chi connectivity index (χ0n) is 17.4. The Morgan fingerprint density at radius 1 is 1.10 bits per heavy atom. The molecule has 2 aromatic rings. The van der Waals surface area contributed by atoms with Crippen LogP contribution in [0.5, 0.6) is 5.75 Å². The Hall–Kier alpha value is -2.10. The van der Waals surface area contributed by atoms with Crippen LogP contribution in [0.25, 0.3) is 0 Å². The van der Waals surface area contributed by atoms with Crippen molar-refractivity contribution < 1.29 is 4.74 Å². The lowest BCUT2D eigenvalue weighted by Gasteiger charge is -2.36. The summed E-state index contributed by atoms with van der Waals surface area (Å²) in [5.41, 5.74) is 1.20. The first-order valence-corrected chi connectivity index (χ1v) is 9.85. The van der Waals surface area contributed by atoms with Gasteiger partial charge in [0.15, 0.2) is 5.96 Å². The van der Waals surface area contributed by atoms with E-state index < -0.39 is 0 Å². The van der Waals surface area contributed by atoms with Crippen molar-refractivity contribution in [3.8, 4) is 5.75 Å². The van der Waals surface area contributed by atoms with Gasteiger partial charge in [-0.05, 0) is 29.7 Å². The zero-order valence-corrected chi connectivity index (χ0v) is 19.7. The van der Waals surface area contributed by atoms with Crippen molar-refractivity contribution in [2.45, 2.75) is 20.4 Å². The average Bonchev–Trinajstić information content (AvgIpc) is 2.74. The van der Waals surface area contributed by atoms with Crippen molar-refractivity contribution in [3.05, 3.63) is 48.3 Å². The largest absolute Gasteiger partial charge is 0.493 e. The number of piperazine rings is 1. The molecule has 29 heavy (non-hydrogen) atoms. The Morgan fingerprint density at radius 2 is 1.76 bits per heavy atom. The van der Waals surface area contributed by atoms with Crippen LogP contribution in [-0.4, -0.2) is 60.7 Å². The van der Waals surface area contributed by atoms with Gasteiger partial charge in [0.1, 0.15) is 5.75 Å². The van der Waals surface area contributed by atoms with Crippen molar-refractivity contribution in [3.63, 3.8) is 0 Å². The maximum absolute atomic E-state index is 5.74. The molecular weight excluding hydrogens is 479 g/mol. The quantitative estimate of drug-likeness (QED) is 0.366. The van der Waals surface area contributed by atoms with Crippen LogP contribution in [0.3, 0.4) is 0 Å². The van der Waals surface area contributed by atoms with E-state index in [9.17, 15) is 0 Å². The summed E-state index contributed by atoms with van der Waals surface area (Å²) >= 11 is 0. The maximum atomic E-state index is 5.74. The summed E-state index contributed by atoms with van der Waals surface area (Å²) in [6.07, 6.45) is 3.57. The standard InChI is InChI=1S/C21H30N6O.HI/c1-17(2)16-28-19-7-5-18(6-8-19)15-25-20(22-3)26-11-13-27(14-12-26)21-23-9-4-10-24-21;/h4-10,17H,11-16H2,1-3H3,(H,22,25);1H. The van der Waals surface area contributed by atoms with Gasteiger partial charge < -0.3 is 19.9 Å². The number of rotatable bonds is 6. The number of halogens is 1. The number of anilines is 1. The van der Waals surface area contributed by atoms with Gasteiger partial charge in [0, 0.05) is 52.2 Å². The first-order valence-electron chi connectivity index (χ1n) is 9.85. The monoisotopic (exact) mass is 510 g/mol. The molecule has 0 radical (unpaired) electrons. The highest BCUT2D eigenvalue weighted by Crippen LogP contribution is 2.14. The Morgan fingerprint density at radius 3 is 2.34 bits per heavy atom. The lowest BCUT2D eigenvalue weighted by Crippen LogP contribution is -2.52. The maximum Gasteiger partial charge on any atom is 0.225 e. The second-order valence-electron chi connectivity index (χ2n) is 7.27. The van der Waals surface area contributed by atoms with E-state index in [-0.39, 0.29) is 24.0 Å². The predicted molar refractivity (Wildman–Crippen MR) is 128 cm³/mol. The number of nitrogens with zero attached hydrogens (tertiary/aromatic N) is 5. The molecular formula is C21H31IN6O. The van der Waals surface area contributed by atoms with Crippen LogP contribution in [-0.2, 0) is 6.54 Å². The number of benzene rings is 1. The first-order chi connectivity index (χ1) is 13.7. The molecule has 0 amide bonds. The Labute approximate surface area is 190 Å². The lowest BCUT2D eigenvalue weighted by molar-refractivity contribution is 0.271. The van der Waals surface area contributed by atoms with Gasteiger partial charge in [0.25, 0.3) is 0 Å². The topological polar surface area (TPSA) is 65.9 Å². The number of aliphatic imine (C=N–C) groups is 1. The van der Waals surface area contributed by atoms with Gasteiger partial charge in [-0.25, -0.2) is 9.97 Å². The molecule has 2 heterocycles. The summed E-state index contributed by atoms with van der Waals surface area (Å²) in [5, 5.41) is 3.47. The Bertz CT molecular complexity index is 746. The summed E-state index contributed by atoms with van der Waals surface area (Å²) in [7, 11) is 1.83. The molecule has 8 heteroatoms. The van der Waals surface area contributed by atoms with E-state index in [1.807, 2.05) is 25.2 Å². The third kappa shape index (κ3) is 7.02. The van der Waals surface area contributed by atoms with Gasteiger partial charge in [-0.2, -0.15) is 0 Å². The van der Waals surface area contributed by atoms with Gasteiger partial charge in [0.05, 0.1) is 6.61 Å². The fraction of sp³-hybridized carbons (Fsp3) is 0.476. The minimum Gasteiger partial charge on any atom is -0.493 e. The molecule has 1 fully saturated rings. The van der Waals surface area contributed by atoms with E-state index in [0.717, 1.165) is 57.0 Å². The van der Waals surface area contributed by atoms with Crippen LogP contribution in [0.4, 0.5) is 5.95 Å². The normalized spacial score (nSPS) is 14.6. The van der Waals surface area contributed by atoms with Crippen molar-refractivity contribution in [1.82, 2.24) is 20.2 Å². The van der Waals surface area contributed by atoms with Crippen LogP contribution in [0.1, 0.15) is 19.4 Å². The van der Waals surface area contributed by atoms with E-state index in [1.54, 1.807) is 12.4 Å². The second-order valence-corrected chi connectivity index (χ2v) is 7.27. The average molecular weight is 510 g/mol. The molecule has 1 aliphatic rings. The molecule has 0 spiro atoms. The molecule has 0 saturated carbocycles. The summed E-state index contributed by atoms with van der Waals surface area (Å²) in [4.78, 5) is 17.6. The number of nitrogens with one attached hydrogen (secondary N) is 1. The number of hydrogen-bond donors (Lipinski definition) is 1. The first kappa shape index (κ1) is 23.2. The molecule has 3 rings (SSSR count). The smallest absolute Gasteiger partial charge is 0.225 e. The van der Waals surface area contributed by atoms with E-state index in [1.165, 1.54) is 5.56 Å². The SMILES string of the molecule is CN=C(NCc1ccc(OCC(C)C)cc1)N1CCN(c2ncccn2)CC1.I. The third-order valence-electron chi connectivity index (χ3n) is 4.58. The number of ether oxygens (including phenoxy) is 1. The van der Waals surface area contributed by atoms with Crippen LogP contribution in [0.15, 0.2) is 47.7 Å². The molecule has 1 aromatic heterocycles. The van der Waals surface area contributed by atoms with E-state index in [4.69, 9.17) is 4.74 Å². The van der Waals surface area contributed by atoms with Gasteiger partial charge >= 0.3 is 0 Å². The summed E-state index contributed by atoms with van der Waals surface area (Å²) in [5.74, 6) is 3.17. The van der Waals surface area contributed by atoms with E-state index >= 15 is 0 Å². The molecule has 0 atom stereocenters. The van der Waals surface area contributed by atoms with Crippen LogP contribution < -0.4 is 15.0 Å². The predicted octanol–water partition coefficient (Wildman–Crippen LogP) is 3.03. The third-order valence-corrected chi connectivity index (χ3v) is 4.58. The van der Waals surface area contributed by atoms with Crippen LogP contribution >= 0.6 is 24.0 Å². The van der Waals surface area contributed by atoms with Crippen LogP contribution in [0, 0.1) is 5.92 Å². The van der Waals surface area contributed by atoms with Gasteiger partial charge in [0.2, 0.25) is 5.95 Å². The van der Waals surface area contributed by atoms with Crippen molar-refractivity contribution in [2.24, 2.45) is 10.9 Å². The number of aromatic nitrogens is 2. The molecule has 7 nitrogen and oxygen atoms in total. The molecule has 0 aliphatic carbocycles. The lowest BCUT2D eigenvalue weighted by atomic mass is 10.2. The van der Waals surface area contributed by atoms with Crippen molar-refractivity contribution in [1.29, 1.82) is 0 Å². The van der Waals surface area contributed by atoms with Crippen molar-refractivity contribution in [2.75, 3.05) is 44.7 Å².